The zero-order chi connectivity index (χ0) is 18.9. The number of thiazole rings is 1. The van der Waals surface area contributed by atoms with E-state index in [9.17, 15) is 13.8 Å². The van der Waals surface area contributed by atoms with E-state index in [1.54, 1.807) is 0 Å². The lowest BCUT2D eigenvalue weighted by Crippen LogP contribution is -2.57. The topological polar surface area (TPSA) is 88.9 Å². The standard InChI is InChI=1S/C17H25N3O4S2/c1-12-10-25-15(18-12)13(2)16(22)20-6-7-24-17(11-20)4-8-26(23,9-5-17)19-14(3)21/h10,13H,4-9,11H2,1-3H3. The molecule has 1 unspecified atom stereocenters. The first-order valence-corrected chi connectivity index (χ1v) is 11.5. The fraction of sp³-hybridized carbons (Fsp3) is 0.706. The average Bonchev–Trinajstić information content (AvgIpc) is 3.03. The second kappa shape index (κ2) is 7.36. The minimum Gasteiger partial charge on any atom is -0.371 e. The second-order valence-electron chi connectivity index (χ2n) is 7.13. The van der Waals surface area contributed by atoms with E-state index in [1.807, 2.05) is 24.1 Å². The molecule has 9 heteroatoms. The number of nitrogens with zero attached hydrogens (tertiary/aromatic N) is 3. The van der Waals surface area contributed by atoms with Gasteiger partial charge in [-0.25, -0.2) is 9.19 Å². The van der Waals surface area contributed by atoms with Crippen LogP contribution in [0.3, 0.4) is 0 Å². The molecule has 0 N–H and O–H groups in total. The normalized spacial score (nSPS) is 30.2. The number of hydrogen-bond donors (Lipinski definition) is 0. The van der Waals surface area contributed by atoms with E-state index in [0.717, 1.165) is 10.7 Å². The van der Waals surface area contributed by atoms with E-state index in [0.29, 0.717) is 44.0 Å². The van der Waals surface area contributed by atoms with Crippen molar-refractivity contribution in [1.82, 2.24) is 9.88 Å². The van der Waals surface area contributed by atoms with Gasteiger partial charge in [0.15, 0.2) is 0 Å². The van der Waals surface area contributed by atoms with E-state index < -0.39 is 15.3 Å². The maximum absolute atomic E-state index is 12.9. The van der Waals surface area contributed by atoms with Gasteiger partial charge in [-0.05, 0) is 26.7 Å². The number of ether oxygens (including phenoxy) is 1. The third kappa shape index (κ3) is 4.15. The van der Waals surface area contributed by atoms with Crippen molar-refractivity contribution < 1.29 is 18.5 Å². The molecule has 2 aliphatic rings. The smallest absolute Gasteiger partial charge is 0.250 e. The van der Waals surface area contributed by atoms with E-state index in [4.69, 9.17) is 4.74 Å². The summed E-state index contributed by atoms with van der Waals surface area (Å²) in [6.07, 6.45) is 1.11. The summed E-state index contributed by atoms with van der Waals surface area (Å²) >= 11 is 1.51. The lowest BCUT2D eigenvalue weighted by molar-refractivity contribution is -0.153. The molecule has 3 rings (SSSR count). The lowest BCUT2D eigenvalue weighted by atomic mass is 9.93. The van der Waals surface area contributed by atoms with Crippen molar-refractivity contribution in [2.75, 3.05) is 31.2 Å². The maximum atomic E-state index is 12.9. The Morgan fingerprint density at radius 2 is 2.12 bits per heavy atom. The highest BCUT2D eigenvalue weighted by Crippen LogP contribution is 2.33. The molecule has 1 aromatic rings. The Kier molecular flexibility index (Phi) is 5.50. The number of aromatic nitrogens is 1. The van der Waals surface area contributed by atoms with Crippen molar-refractivity contribution in [2.45, 2.75) is 45.1 Å². The predicted octanol–water partition coefficient (Wildman–Crippen LogP) is 1.96. The van der Waals surface area contributed by atoms with Crippen molar-refractivity contribution in [3.63, 3.8) is 0 Å². The summed E-state index contributed by atoms with van der Waals surface area (Å²) in [7, 11) is -2.48. The van der Waals surface area contributed by atoms with Crippen molar-refractivity contribution >= 4 is 32.9 Å². The summed E-state index contributed by atoms with van der Waals surface area (Å²) in [5.74, 6) is 0.0806. The third-order valence-corrected chi connectivity index (χ3v) is 8.41. The molecule has 2 fully saturated rings. The summed E-state index contributed by atoms with van der Waals surface area (Å²) in [6, 6.07) is 0. The highest BCUT2D eigenvalue weighted by atomic mass is 32.2. The summed E-state index contributed by atoms with van der Waals surface area (Å²) in [4.78, 5) is 30.4. The van der Waals surface area contributed by atoms with Gasteiger partial charge in [-0.2, -0.15) is 4.36 Å². The first-order valence-electron chi connectivity index (χ1n) is 8.80. The molecule has 2 aliphatic heterocycles. The van der Waals surface area contributed by atoms with Gasteiger partial charge in [-0.3, -0.25) is 9.59 Å². The second-order valence-corrected chi connectivity index (χ2v) is 10.6. The quantitative estimate of drug-likeness (QED) is 0.758. The summed E-state index contributed by atoms with van der Waals surface area (Å²) in [5.41, 5.74) is 0.457. The number of aryl methyl sites for hydroxylation is 1. The highest BCUT2D eigenvalue weighted by Gasteiger charge is 2.43. The van der Waals surface area contributed by atoms with Crippen LogP contribution >= 0.6 is 11.3 Å². The van der Waals surface area contributed by atoms with Gasteiger partial charge in [0, 0.05) is 42.6 Å². The number of morpholine rings is 1. The molecule has 26 heavy (non-hydrogen) atoms. The van der Waals surface area contributed by atoms with E-state index in [1.165, 1.54) is 18.3 Å². The van der Waals surface area contributed by atoms with Crippen LogP contribution in [0.5, 0.6) is 0 Å². The molecule has 1 spiro atoms. The fourth-order valence-electron chi connectivity index (χ4n) is 3.53. The van der Waals surface area contributed by atoms with Gasteiger partial charge in [0.2, 0.25) is 5.91 Å². The number of hydrogen-bond acceptors (Lipinski definition) is 6. The fourth-order valence-corrected chi connectivity index (χ4v) is 6.61. The van der Waals surface area contributed by atoms with Crippen LogP contribution in [0.2, 0.25) is 0 Å². The van der Waals surface area contributed by atoms with Gasteiger partial charge >= 0.3 is 0 Å². The first-order chi connectivity index (χ1) is 12.2. The van der Waals surface area contributed by atoms with Gasteiger partial charge in [0.1, 0.15) is 5.01 Å². The first kappa shape index (κ1) is 19.4. The van der Waals surface area contributed by atoms with Gasteiger partial charge in [0.05, 0.1) is 27.9 Å². The Bertz CT molecular complexity index is 812. The van der Waals surface area contributed by atoms with Crippen molar-refractivity contribution in [3.05, 3.63) is 16.1 Å². The van der Waals surface area contributed by atoms with E-state index in [2.05, 4.69) is 9.35 Å². The number of rotatable bonds is 2. The van der Waals surface area contributed by atoms with Crippen LogP contribution in [-0.4, -0.2) is 62.7 Å². The molecule has 2 saturated heterocycles. The zero-order valence-corrected chi connectivity index (χ0v) is 17.0. The highest BCUT2D eigenvalue weighted by molar-refractivity contribution is 7.93. The SMILES string of the molecule is CC(=O)N=S1(=O)CCC2(CC1)CN(C(=O)C(C)c1nc(C)cs1)CCO2. The molecular weight excluding hydrogens is 374 g/mol. The molecule has 0 aromatic carbocycles. The van der Waals surface area contributed by atoms with Crippen LogP contribution in [0.25, 0.3) is 0 Å². The minimum absolute atomic E-state index is 0.0572. The molecule has 3 heterocycles. The van der Waals surface area contributed by atoms with Gasteiger partial charge in [0.25, 0.3) is 5.91 Å². The van der Waals surface area contributed by atoms with Crippen molar-refractivity contribution in [3.8, 4) is 0 Å². The molecule has 0 saturated carbocycles. The van der Waals surface area contributed by atoms with Crippen LogP contribution < -0.4 is 0 Å². The van der Waals surface area contributed by atoms with Crippen molar-refractivity contribution in [2.24, 2.45) is 4.36 Å². The van der Waals surface area contributed by atoms with Crippen LogP contribution in [0.1, 0.15) is 43.3 Å². The molecule has 0 radical (unpaired) electrons. The molecule has 1 aromatic heterocycles. The van der Waals surface area contributed by atoms with Crippen LogP contribution in [-0.2, 0) is 24.1 Å². The Morgan fingerprint density at radius 1 is 1.42 bits per heavy atom. The predicted molar refractivity (Wildman–Crippen MR) is 101 cm³/mol. The Balaban J connectivity index is 1.69. The molecule has 2 amide bonds. The molecule has 7 nitrogen and oxygen atoms in total. The number of carbonyl (C=O) groups excluding carboxylic acids is 2. The van der Waals surface area contributed by atoms with Gasteiger partial charge < -0.3 is 9.64 Å². The Morgan fingerprint density at radius 3 is 2.69 bits per heavy atom. The molecule has 0 bridgehead atoms. The molecule has 1 atom stereocenters. The minimum atomic E-state index is -2.48. The maximum Gasteiger partial charge on any atom is 0.250 e. The molecule has 144 valence electrons. The van der Waals surface area contributed by atoms with E-state index in [-0.39, 0.29) is 17.7 Å². The monoisotopic (exact) mass is 399 g/mol. The van der Waals surface area contributed by atoms with Crippen LogP contribution in [0.15, 0.2) is 9.74 Å². The molecule has 0 aliphatic carbocycles. The average molecular weight is 400 g/mol. The Hall–Kier alpha value is -1.32. The Labute approximate surface area is 158 Å². The van der Waals surface area contributed by atoms with Crippen LogP contribution in [0.4, 0.5) is 0 Å². The van der Waals surface area contributed by atoms with Crippen LogP contribution in [0, 0.1) is 6.92 Å². The summed E-state index contributed by atoms with van der Waals surface area (Å²) in [6.45, 7) is 6.67. The van der Waals surface area contributed by atoms with Gasteiger partial charge in [-0.1, -0.05) is 0 Å². The van der Waals surface area contributed by atoms with Crippen molar-refractivity contribution in [1.29, 1.82) is 0 Å². The largest absolute Gasteiger partial charge is 0.371 e. The summed E-state index contributed by atoms with van der Waals surface area (Å²) in [5, 5.41) is 2.79. The third-order valence-electron chi connectivity index (χ3n) is 4.99. The summed E-state index contributed by atoms with van der Waals surface area (Å²) < 4.78 is 22.5. The van der Waals surface area contributed by atoms with Gasteiger partial charge in [-0.15, -0.1) is 11.3 Å². The van der Waals surface area contributed by atoms with E-state index >= 15 is 0 Å². The lowest BCUT2D eigenvalue weighted by Gasteiger charge is -2.45. The number of carbonyl (C=O) groups is 2. The molecular formula is C17H25N3O4S2. The zero-order valence-electron chi connectivity index (χ0n) is 15.4. The number of amides is 2.